The molecule has 0 unspecified atom stereocenters. The van der Waals surface area contributed by atoms with Crippen LogP contribution >= 0.6 is 11.6 Å². The average Bonchev–Trinajstić information content (AvgIpc) is 4.25. The van der Waals surface area contributed by atoms with Gasteiger partial charge in [-0.05, 0) is 118 Å². The van der Waals surface area contributed by atoms with Crippen LogP contribution in [0.2, 0.25) is 5.15 Å². The van der Waals surface area contributed by atoms with Crippen molar-refractivity contribution in [2.45, 2.75) is 64.1 Å². The van der Waals surface area contributed by atoms with Crippen LogP contribution < -0.4 is 20.5 Å². The maximum Gasteiger partial charge on any atom is 0.573 e. The molecule has 356 valence electrons. The summed E-state index contributed by atoms with van der Waals surface area (Å²) >= 11 is 5.82. The molecule has 67 heavy (non-hydrogen) atoms. The van der Waals surface area contributed by atoms with Gasteiger partial charge in [0.25, 0.3) is 0 Å². The molecule has 2 saturated heterocycles. The number of fused-ring (bicyclic) bond motifs is 2. The van der Waals surface area contributed by atoms with Crippen molar-refractivity contribution < 1.29 is 45.4 Å². The molecular formula is C46H49ClF6N10O4. The highest BCUT2D eigenvalue weighted by Gasteiger charge is 2.36. The second kappa shape index (κ2) is 20.4. The highest BCUT2D eigenvalue weighted by atomic mass is 35.5. The van der Waals surface area contributed by atoms with E-state index in [2.05, 4.69) is 35.0 Å². The van der Waals surface area contributed by atoms with Gasteiger partial charge in [0.05, 0.1) is 23.8 Å². The summed E-state index contributed by atoms with van der Waals surface area (Å²) in [5, 5.41) is 12.3. The number of carbonyl (C=O) groups is 2. The standard InChI is InChI=1S/C23H24F3N5O2.C13H7ClF3N3O.C10H18N2O/c24-23(25,26)33-18-3-1-2-17(12-18)19-14-28-21-7-6-20(29-31(19)21)27-13-15-8-10-30(11-9-15)22(32)16-4-5-16;14-11-4-5-12-18-7-10(20(12)19-11)8-2-1-3-9(6-8)21-13(15,16)17;11-7-8-3-5-12(6-4-8)10(13)9-1-2-9/h1-3,6-7,12,14-16H,4-5,8-11,13H2,(H,27,29);1-7H;8-9H,1-7,11H2. The van der Waals surface area contributed by atoms with Crippen LogP contribution in [0.1, 0.15) is 51.4 Å². The average molecular weight is 955 g/mol. The van der Waals surface area contributed by atoms with Crippen molar-refractivity contribution in [2.24, 2.45) is 29.4 Å². The largest absolute Gasteiger partial charge is 0.573 e. The normalized spacial score (nSPS) is 17.1. The lowest BCUT2D eigenvalue weighted by Gasteiger charge is -2.32. The molecule has 4 aromatic heterocycles. The van der Waals surface area contributed by atoms with E-state index in [1.807, 2.05) is 21.9 Å². The van der Waals surface area contributed by atoms with E-state index in [1.165, 1.54) is 47.1 Å². The fourth-order valence-corrected chi connectivity index (χ4v) is 8.23. The molecule has 6 heterocycles. The molecule has 2 aliphatic heterocycles. The number of imidazole rings is 2. The van der Waals surface area contributed by atoms with Crippen LogP contribution in [0.3, 0.4) is 0 Å². The summed E-state index contributed by atoms with van der Waals surface area (Å²) < 4.78 is 85.5. The van der Waals surface area contributed by atoms with Gasteiger partial charge in [0.15, 0.2) is 11.3 Å². The third kappa shape index (κ3) is 12.8. The fraction of sp³-hybridized carbons (Fsp3) is 0.435. The van der Waals surface area contributed by atoms with E-state index in [0.29, 0.717) is 69.2 Å². The number of hydrogen-bond donors (Lipinski definition) is 2. The number of benzene rings is 2. The summed E-state index contributed by atoms with van der Waals surface area (Å²) in [5.74, 6) is 2.51. The number of hydrogen-bond acceptors (Lipinski definition) is 10. The number of carbonyl (C=O) groups excluding carboxylic acids is 2. The molecule has 6 aromatic rings. The highest BCUT2D eigenvalue weighted by Crippen LogP contribution is 2.34. The van der Waals surface area contributed by atoms with Gasteiger partial charge in [0.2, 0.25) is 11.8 Å². The SMILES string of the molecule is FC(F)(F)Oc1cccc(-c2cnc3ccc(Cl)nn23)c1.NCC1CCN(C(=O)C2CC2)CC1.O=C(C1CC1)N1CCC(CNc2ccc3ncc(-c4cccc(OC(F)(F)F)c4)n3n2)CC1. The lowest BCUT2D eigenvalue weighted by molar-refractivity contribution is -0.275. The zero-order chi connectivity index (χ0) is 47.3. The fourth-order valence-electron chi connectivity index (χ4n) is 8.09. The lowest BCUT2D eigenvalue weighted by atomic mass is 9.96. The second-order valence-corrected chi connectivity index (χ2v) is 17.4. The number of halogens is 7. The van der Waals surface area contributed by atoms with Gasteiger partial charge in [-0.25, -0.2) is 19.0 Å². The van der Waals surface area contributed by atoms with Crippen molar-refractivity contribution in [1.82, 2.24) is 39.0 Å². The van der Waals surface area contributed by atoms with Crippen LogP contribution in [-0.2, 0) is 9.59 Å². The number of nitrogens with one attached hydrogen (secondary N) is 1. The number of piperidine rings is 2. The first-order chi connectivity index (χ1) is 32.1. The van der Waals surface area contributed by atoms with Crippen molar-refractivity contribution in [3.05, 3.63) is 90.3 Å². The Labute approximate surface area is 386 Å². The summed E-state index contributed by atoms with van der Waals surface area (Å²) in [6.07, 6.45) is 2.02. The predicted molar refractivity (Wildman–Crippen MR) is 237 cm³/mol. The molecule has 2 aliphatic carbocycles. The van der Waals surface area contributed by atoms with Gasteiger partial charge in [-0.1, -0.05) is 35.9 Å². The van der Waals surface area contributed by atoms with E-state index in [9.17, 15) is 35.9 Å². The maximum absolute atomic E-state index is 12.6. The van der Waals surface area contributed by atoms with E-state index in [1.54, 1.807) is 35.0 Å². The number of nitrogens with two attached hydrogens (primary N) is 1. The minimum atomic E-state index is -4.76. The quantitative estimate of drug-likeness (QED) is 0.127. The number of nitrogens with zero attached hydrogens (tertiary/aromatic N) is 8. The third-order valence-corrected chi connectivity index (χ3v) is 12.2. The Morgan fingerprint density at radius 2 is 1.10 bits per heavy atom. The Kier molecular flexibility index (Phi) is 14.4. The molecule has 4 aliphatic rings. The number of alkyl halides is 6. The summed E-state index contributed by atoms with van der Waals surface area (Å²) in [6.45, 7) is 5.01. The summed E-state index contributed by atoms with van der Waals surface area (Å²) in [7, 11) is 0. The van der Waals surface area contributed by atoms with Crippen molar-refractivity contribution in [3.8, 4) is 34.0 Å². The number of aromatic nitrogens is 6. The molecule has 0 atom stereocenters. The molecule has 2 saturated carbocycles. The summed E-state index contributed by atoms with van der Waals surface area (Å²) in [5.41, 5.74) is 8.80. The van der Waals surface area contributed by atoms with Crippen LogP contribution in [0.25, 0.3) is 33.8 Å². The minimum Gasteiger partial charge on any atom is -0.406 e. The Hall–Kier alpha value is -6.15. The smallest absolute Gasteiger partial charge is 0.406 e. The second-order valence-electron chi connectivity index (χ2n) is 17.1. The van der Waals surface area contributed by atoms with Crippen molar-refractivity contribution in [1.29, 1.82) is 0 Å². The Morgan fingerprint density at radius 3 is 1.57 bits per heavy atom. The lowest BCUT2D eigenvalue weighted by Crippen LogP contribution is -2.40. The number of rotatable bonds is 10. The Bertz CT molecular complexity index is 2650. The van der Waals surface area contributed by atoms with Gasteiger partial charge in [-0.15, -0.1) is 31.4 Å². The maximum atomic E-state index is 12.6. The Morgan fingerprint density at radius 1 is 0.642 bits per heavy atom. The van der Waals surface area contributed by atoms with Gasteiger partial charge in [-0.3, -0.25) is 9.59 Å². The van der Waals surface area contributed by atoms with E-state index in [0.717, 1.165) is 90.6 Å². The summed E-state index contributed by atoms with van der Waals surface area (Å²) in [6, 6.07) is 18.2. The van der Waals surface area contributed by atoms with Crippen LogP contribution in [0, 0.1) is 23.7 Å². The zero-order valence-electron chi connectivity index (χ0n) is 36.2. The highest BCUT2D eigenvalue weighted by molar-refractivity contribution is 6.29. The minimum absolute atomic E-state index is 0.254. The van der Waals surface area contributed by atoms with E-state index >= 15 is 0 Å². The van der Waals surface area contributed by atoms with Gasteiger partial charge in [-0.2, -0.15) is 5.10 Å². The van der Waals surface area contributed by atoms with Crippen LogP contribution in [0.4, 0.5) is 32.2 Å². The van der Waals surface area contributed by atoms with Crippen LogP contribution in [0.15, 0.2) is 85.2 Å². The molecule has 0 radical (unpaired) electrons. The van der Waals surface area contributed by atoms with E-state index in [4.69, 9.17) is 17.3 Å². The van der Waals surface area contributed by atoms with Gasteiger partial charge < -0.3 is 30.3 Å². The van der Waals surface area contributed by atoms with Crippen molar-refractivity contribution >= 4 is 40.5 Å². The molecule has 10 rings (SSSR count). The topological polar surface area (TPSA) is 158 Å². The molecule has 14 nitrogen and oxygen atoms in total. The number of ether oxygens (including phenoxy) is 2. The predicted octanol–water partition coefficient (Wildman–Crippen LogP) is 8.90. The molecule has 4 fully saturated rings. The molecule has 2 aromatic carbocycles. The first kappa shape index (κ1) is 47.3. The first-order valence-electron chi connectivity index (χ1n) is 22.2. The summed E-state index contributed by atoms with van der Waals surface area (Å²) in [4.78, 5) is 36.3. The van der Waals surface area contributed by atoms with Gasteiger partial charge in [0.1, 0.15) is 22.5 Å². The molecule has 3 N–H and O–H groups in total. The number of anilines is 1. The number of amides is 2. The number of likely N-dealkylation sites (tertiary alicyclic amines) is 2. The molecule has 0 spiro atoms. The first-order valence-corrected chi connectivity index (χ1v) is 22.6. The molecule has 21 heteroatoms. The zero-order valence-corrected chi connectivity index (χ0v) is 37.0. The molecule has 0 bridgehead atoms. The van der Waals surface area contributed by atoms with E-state index < -0.39 is 12.7 Å². The third-order valence-electron chi connectivity index (χ3n) is 12.0. The monoisotopic (exact) mass is 954 g/mol. The van der Waals surface area contributed by atoms with Crippen LogP contribution in [0.5, 0.6) is 11.5 Å². The molecular weight excluding hydrogens is 906 g/mol. The van der Waals surface area contributed by atoms with Crippen LogP contribution in [-0.4, -0.2) is 103 Å². The van der Waals surface area contributed by atoms with Crippen molar-refractivity contribution in [2.75, 3.05) is 44.6 Å². The Balaban J connectivity index is 0.000000152. The van der Waals surface area contributed by atoms with Gasteiger partial charge >= 0.3 is 12.7 Å². The van der Waals surface area contributed by atoms with Crippen molar-refractivity contribution in [3.63, 3.8) is 0 Å². The molecule has 2 amide bonds. The van der Waals surface area contributed by atoms with E-state index in [-0.39, 0.29) is 22.6 Å². The van der Waals surface area contributed by atoms with Gasteiger partial charge in [0, 0.05) is 55.7 Å².